The van der Waals surface area contributed by atoms with E-state index in [2.05, 4.69) is 15.8 Å². The highest BCUT2D eigenvalue weighted by atomic mass is 32.2. The highest BCUT2D eigenvalue weighted by molar-refractivity contribution is 7.90. The monoisotopic (exact) mass is 502 g/mol. The Kier molecular flexibility index (Phi) is 7.05. The lowest BCUT2D eigenvalue weighted by molar-refractivity contribution is -0.160. The number of nitrogens with one attached hydrogen (secondary N) is 2. The number of sulfone groups is 1. The third-order valence-corrected chi connectivity index (χ3v) is 7.08. The van der Waals surface area contributed by atoms with Crippen molar-refractivity contribution in [2.75, 3.05) is 5.75 Å². The van der Waals surface area contributed by atoms with Crippen molar-refractivity contribution in [1.29, 1.82) is 5.26 Å². The maximum Gasteiger partial charge on any atom is 0.407 e. The zero-order valence-electron chi connectivity index (χ0n) is 18.2. The van der Waals surface area contributed by atoms with Gasteiger partial charge in [-0.05, 0) is 44.4 Å². The van der Waals surface area contributed by atoms with Crippen LogP contribution < -0.4 is 10.6 Å². The molecule has 0 bridgehead atoms. The molecule has 8 nitrogen and oxygen atoms in total. The third kappa shape index (κ3) is 6.12. The van der Waals surface area contributed by atoms with Gasteiger partial charge in [0.2, 0.25) is 5.91 Å². The summed E-state index contributed by atoms with van der Waals surface area (Å²) >= 11 is 0. The number of aryl methyl sites for hydroxylation is 2. The van der Waals surface area contributed by atoms with Gasteiger partial charge in [0.25, 0.3) is 0 Å². The van der Waals surface area contributed by atoms with Crippen LogP contribution in [0.15, 0.2) is 28.8 Å². The number of nitriles is 1. The van der Waals surface area contributed by atoms with Gasteiger partial charge < -0.3 is 9.84 Å². The zero-order chi connectivity index (χ0) is 25.3. The van der Waals surface area contributed by atoms with Gasteiger partial charge in [0.15, 0.2) is 9.84 Å². The molecular weight excluding hydrogens is 480 g/mol. The fourth-order valence-corrected chi connectivity index (χ4v) is 5.11. The molecule has 0 radical (unpaired) electrons. The maximum atomic E-state index is 13.9. The Morgan fingerprint density at radius 1 is 1.26 bits per heavy atom. The minimum atomic E-state index is -4.94. The second kappa shape index (κ2) is 9.34. The first-order valence-electron chi connectivity index (χ1n) is 10.2. The van der Waals surface area contributed by atoms with Gasteiger partial charge in [0.05, 0.1) is 23.3 Å². The number of carbonyl (C=O) groups excluding carboxylic acids is 1. The van der Waals surface area contributed by atoms with E-state index >= 15 is 0 Å². The molecule has 0 saturated heterocycles. The normalized spacial score (nSPS) is 17.0. The van der Waals surface area contributed by atoms with Gasteiger partial charge in [-0.25, -0.2) is 12.8 Å². The van der Waals surface area contributed by atoms with E-state index in [0.29, 0.717) is 18.5 Å². The summed E-state index contributed by atoms with van der Waals surface area (Å²) in [4.78, 5) is 12.9. The topological polar surface area (TPSA) is 125 Å². The van der Waals surface area contributed by atoms with Gasteiger partial charge in [0.1, 0.15) is 29.2 Å². The van der Waals surface area contributed by atoms with Crippen LogP contribution in [0.5, 0.6) is 0 Å². The minimum absolute atomic E-state index is 0.232. The van der Waals surface area contributed by atoms with Crippen molar-refractivity contribution in [2.24, 2.45) is 0 Å². The molecule has 1 amide bonds. The van der Waals surface area contributed by atoms with Crippen LogP contribution in [0.1, 0.15) is 41.5 Å². The summed E-state index contributed by atoms with van der Waals surface area (Å²) in [6, 6.07) is 1.01. The number of aromatic nitrogens is 1. The van der Waals surface area contributed by atoms with Crippen LogP contribution in [-0.2, 0) is 20.4 Å². The lowest BCUT2D eigenvalue weighted by Crippen LogP contribution is -2.54. The molecule has 34 heavy (non-hydrogen) atoms. The summed E-state index contributed by atoms with van der Waals surface area (Å²) in [7, 11) is -4.15. The van der Waals surface area contributed by atoms with E-state index < -0.39 is 62.4 Å². The number of alkyl halides is 3. The van der Waals surface area contributed by atoms with Gasteiger partial charge >= 0.3 is 6.18 Å². The van der Waals surface area contributed by atoms with Gasteiger partial charge in [-0.1, -0.05) is 17.3 Å². The second-order valence-corrected chi connectivity index (χ2v) is 10.4. The molecule has 1 aromatic carbocycles. The summed E-state index contributed by atoms with van der Waals surface area (Å²) in [5, 5.41) is 17.3. The van der Waals surface area contributed by atoms with E-state index in [1.54, 1.807) is 0 Å². The fraction of sp³-hybridized carbons (Fsp3) is 0.476. The Balaban J connectivity index is 1.91. The van der Waals surface area contributed by atoms with Crippen LogP contribution in [-0.4, -0.2) is 43.0 Å². The number of hydrogen-bond acceptors (Lipinski definition) is 7. The molecule has 0 spiro atoms. The molecule has 2 atom stereocenters. The molecule has 1 fully saturated rings. The summed E-state index contributed by atoms with van der Waals surface area (Å²) in [6.45, 7) is 3.01. The van der Waals surface area contributed by atoms with Crippen LogP contribution in [0, 0.1) is 31.0 Å². The van der Waals surface area contributed by atoms with Crippen molar-refractivity contribution in [3.8, 4) is 6.07 Å². The molecule has 184 valence electrons. The van der Waals surface area contributed by atoms with E-state index in [0.717, 1.165) is 24.3 Å². The van der Waals surface area contributed by atoms with E-state index in [1.165, 1.54) is 13.8 Å². The second-order valence-electron chi connectivity index (χ2n) is 8.29. The van der Waals surface area contributed by atoms with Crippen LogP contribution >= 0.6 is 0 Å². The zero-order valence-corrected chi connectivity index (χ0v) is 19.1. The average Bonchev–Trinajstić information content (AvgIpc) is 3.46. The first-order valence-corrected chi connectivity index (χ1v) is 12.0. The molecule has 1 aliphatic rings. The predicted octanol–water partition coefficient (Wildman–Crippen LogP) is 2.78. The van der Waals surface area contributed by atoms with Crippen LogP contribution in [0.2, 0.25) is 0 Å². The molecule has 1 heterocycles. The molecular formula is C21H22F4N4O4S. The summed E-state index contributed by atoms with van der Waals surface area (Å²) < 4.78 is 85.6. The average molecular weight is 502 g/mol. The predicted molar refractivity (Wildman–Crippen MR) is 111 cm³/mol. The Morgan fingerprint density at radius 3 is 2.35 bits per heavy atom. The highest BCUT2D eigenvalue weighted by Crippen LogP contribution is 2.36. The lowest BCUT2D eigenvalue weighted by atomic mass is 10.0. The minimum Gasteiger partial charge on any atom is -0.361 e. The SMILES string of the molecule is Cc1noc(C)c1CS(=O)(=O)C[C@H](N[C@@H](c1ccc(F)cc1)C(F)(F)F)C(=O)NC1(C#N)CC1. The smallest absolute Gasteiger partial charge is 0.361 e. The van der Waals surface area contributed by atoms with E-state index in [-0.39, 0.29) is 11.3 Å². The number of nitrogens with zero attached hydrogens (tertiary/aromatic N) is 2. The van der Waals surface area contributed by atoms with Gasteiger partial charge in [-0.3, -0.25) is 10.1 Å². The maximum absolute atomic E-state index is 13.9. The molecule has 1 saturated carbocycles. The van der Waals surface area contributed by atoms with Crippen LogP contribution in [0.25, 0.3) is 0 Å². The van der Waals surface area contributed by atoms with Crippen molar-refractivity contribution >= 4 is 15.7 Å². The number of amides is 1. The molecule has 1 aromatic heterocycles. The van der Waals surface area contributed by atoms with Gasteiger partial charge in [-0.15, -0.1) is 0 Å². The fourth-order valence-electron chi connectivity index (χ4n) is 3.39. The van der Waals surface area contributed by atoms with E-state index in [4.69, 9.17) is 4.52 Å². The summed E-state index contributed by atoms with van der Waals surface area (Å²) in [6.07, 6.45) is -4.34. The molecule has 0 aliphatic heterocycles. The Labute approximate surface area is 193 Å². The Hall–Kier alpha value is -2.98. The largest absolute Gasteiger partial charge is 0.407 e. The Morgan fingerprint density at radius 2 is 1.88 bits per heavy atom. The summed E-state index contributed by atoms with van der Waals surface area (Å²) in [5.74, 6) is -3.17. The lowest BCUT2D eigenvalue weighted by Gasteiger charge is -2.28. The van der Waals surface area contributed by atoms with Gasteiger partial charge in [-0.2, -0.15) is 18.4 Å². The number of halogens is 4. The standard InChI is InChI=1S/C21H22F4N4O4S/c1-12-16(13(2)33-29-12)9-34(31,32)10-17(19(30)28-20(11-26)7-8-20)27-18(21(23,24)25)14-3-5-15(22)6-4-14/h3-6,17-18,27H,7-10H2,1-2H3,(H,28,30)/t17-,18-/m0/s1. The molecule has 13 heteroatoms. The first-order chi connectivity index (χ1) is 15.8. The van der Waals surface area contributed by atoms with Crippen molar-refractivity contribution in [3.05, 3.63) is 52.7 Å². The number of hydrogen-bond donors (Lipinski definition) is 2. The molecule has 2 N–H and O–H groups in total. The first kappa shape index (κ1) is 25.6. The summed E-state index contributed by atoms with van der Waals surface area (Å²) in [5.41, 5.74) is -1.08. The molecule has 1 aliphatic carbocycles. The van der Waals surface area contributed by atoms with Crippen molar-refractivity contribution in [3.63, 3.8) is 0 Å². The molecule has 3 rings (SSSR count). The van der Waals surface area contributed by atoms with Crippen molar-refractivity contribution in [2.45, 2.75) is 56.2 Å². The van der Waals surface area contributed by atoms with Crippen molar-refractivity contribution < 1.29 is 35.3 Å². The van der Waals surface area contributed by atoms with Crippen LogP contribution in [0.4, 0.5) is 17.6 Å². The van der Waals surface area contributed by atoms with E-state index in [9.17, 15) is 36.0 Å². The van der Waals surface area contributed by atoms with E-state index in [1.807, 2.05) is 6.07 Å². The highest BCUT2D eigenvalue weighted by Gasteiger charge is 2.48. The quantitative estimate of drug-likeness (QED) is 0.505. The molecule has 2 aromatic rings. The third-order valence-electron chi connectivity index (χ3n) is 5.51. The van der Waals surface area contributed by atoms with Gasteiger partial charge in [0, 0.05) is 5.56 Å². The molecule has 0 unspecified atom stereocenters. The number of carbonyl (C=O) groups is 1. The van der Waals surface area contributed by atoms with Crippen molar-refractivity contribution in [1.82, 2.24) is 15.8 Å². The van der Waals surface area contributed by atoms with Crippen LogP contribution in [0.3, 0.4) is 0 Å². The number of rotatable bonds is 9. The number of benzene rings is 1. The Bertz CT molecular complexity index is 1180.